The molecule has 0 aliphatic heterocycles. The molecule has 0 bridgehead atoms. The minimum Gasteiger partial charge on any atom is -0.577 e. The van der Waals surface area contributed by atoms with Gasteiger partial charge in [0.15, 0.2) is 0 Å². The van der Waals surface area contributed by atoms with E-state index < -0.39 is 0 Å². The summed E-state index contributed by atoms with van der Waals surface area (Å²) >= 11 is 0. The van der Waals surface area contributed by atoms with Crippen LogP contribution in [-0.2, 0) is 0 Å². The topological polar surface area (TPSA) is 9.23 Å². The van der Waals surface area contributed by atoms with Gasteiger partial charge < -0.3 is 14.6 Å². The molecule has 1 rings (SSSR count). The Hall–Kier alpha value is 0.450. The summed E-state index contributed by atoms with van der Waals surface area (Å²) in [6.07, 6.45) is 0. The van der Waals surface area contributed by atoms with E-state index in [9.17, 15) is 0 Å². The van der Waals surface area contributed by atoms with E-state index in [2.05, 4.69) is 0 Å². The molecule has 1 nitrogen and oxygen atoms in total. The van der Waals surface area contributed by atoms with E-state index in [-0.39, 0.29) is 39.5 Å². The van der Waals surface area contributed by atoms with Gasteiger partial charge in [0.05, 0.1) is 7.11 Å². The first-order chi connectivity index (χ1) is 3.93. The molecule has 0 saturated carbocycles. The van der Waals surface area contributed by atoms with Crippen LogP contribution < -0.4 is 34.3 Å². The van der Waals surface area contributed by atoms with Gasteiger partial charge in [-0.1, -0.05) is 18.2 Å². The van der Waals surface area contributed by atoms with E-state index in [0.717, 1.165) is 5.75 Å². The molecular formula is C7H10NaOP. The Labute approximate surface area is 87.1 Å². The van der Waals surface area contributed by atoms with Crippen molar-refractivity contribution in [3.8, 4) is 5.75 Å². The van der Waals surface area contributed by atoms with Gasteiger partial charge in [-0.25, -0.2) is 0 Å². The summed E-state index contributed by atoms with van der Waals surface area (Å²) in [6.45, 7) is 0. The van der Waals surface area contributed by atoms with Gasteiger partial charge in [0.25, 0.3) is 0 Å². The van der Waals surface area contributed by atoms with Crippen LogP contribution in [0.1, 0.15) is 0 Å². The fourth-order valence-electron chi connectivity index (χ4n) is 0.557. The van der Waals surface area contributed by atoms with Crippen molar-refractivity contribution in [1.82, 2.24) is 0 Å². The minimum absolute atomic E-state index is 0. The zero-order valence-electron chi connectivity index (χ0n) is 6.37. The molecule has 0 aliphatic carbocycles. The van der Waals surface area contributed by atoms with Crippen molar-refractivity contribution >= 4 is 9.90 Å². The summed E-state index contributed by atoms with van der Waals surface area (Å²) < 4.78 is 4.91. The number of methoxy groups -OCH3 is 1. The number of rotatable bonds is 1. The summed E-state index contributed by atoms with van der Waals surface area (Å²) in [5, 5.41) is 0. The number of benzene rings is 1. The van der Waals surface area contributed by atoms with Gasteiger partial charge in [-0.3, -0.25) is 0 Å². The predicted molar refractivity (Wildman–Crippen MR) is 42.7 cm³/mol. The van der Waals surface area contributed by atoms with E-state index in [1.54, 1.807) is 7.11 Å². The number of para-hydroxylation sites is 1. The van der Waals surface area contributed by atoms with E-state index in [1.807, 2.05) is 30.3 Å². The Balaban J connectivity index is 0. The molecule has 0 spiro atoms. The first-order valence-corrected chi connectivity index (χ1v) is 2.52. The quantitative estimate of drug-likeness (QED) is 0.383. The largest absolute Gasteiger partial charge is 1.00 e. The van der Waals surface area contributed by atoms with Crippen LogP contribution >= 0.6 is 9.90 Å². The molecule has 0 aliphatic rings. The molecule has 50 valence electrons. The molecule has 0 N–H and O–H groups in total. The van der Waals surface area contributed by atoms with Crippen LogP contribution in [0.2, 0.25) is 0 Å². The summed E-state index contributed by atoms with van der Waals surface area (Å²) in [4.78, 5) is 0. The molecular weight excluding hydrogens is 154 g/mol. The third-order valence-electron chi connectivity index (χ3n) is 0.979. The Morgan fingerprint density at radius 1 is 1.10 bits per heavy atom. The molecule has 0 heterocycles. The maximum Gasteiger partial charge on any atom is 1.00 e. The molecule has 0 radical (unpaired) electrons. The van der Waals surface area contributed by atoms with Crippen LogP contribution in [0, 0.1) is 0 Å². The zero-order valence-corrected chi connectivity index (χ0v) is 9.53. The van der Waals surface area contributed by atoms with Crippen LogP contribution in [0.3, 0.4) is 0 Å². The van der Waals surface area contributed by atoms with Gasteiger partial charge >= 0.3 is 29.6 Å². The fourth-order valence-corrected chi connectivity index (χ4v) is 0.557. The summed E-state index contributed by atoms with van der Waals surface area (Å²) in [5.41, 5.74) is 0. The third kappa shape index (κ3) is 4.29. The van der Waals surface area contributed by atoms with Crippen molar-refractivity contribution < 1.29 is 34.3 Å². The molecule has 0 amide bonds. The van der Waals surface area contributed by atoms with Crippen molar-refractivity contribution in [3.63, 3.8) is 0 Å². The fraction of sp³-hybridized carbons (Fsp3) is 0.143. The summed E-state index contributed by atoms with van der Waals surface area (Å²) in [6, 6.07) is 9.68. The minimum atomic E-state index is 0. The number of hydrogen-bond acceptors (Lipinski definition) is 1. The van der Waals surface area contributed by atoms with Crippen LogP contribution in [0.25, 0.3) is 0 Å². The molecule has 10 heavy (non-hydrogen) atoms. The van der Waals surface area contributed by atoms with Gasteiger partial charge in [0, 0.05) is 0 Å². The molecule has 0 saturated heterocycles. The molecule has 0 unspecified atom stereocenters. The second-order valence-electron chi connectivity index (χ2n) is 1.52. The average Bonchev–Trinajstić information content (AvgIpc) is 1.90. The monoisotopic (exact) mass is 164 g/mol. The van der Waals surface area contributed by atoms with Crippen LogP contribution in [0.15, 0.2) is 30.3 Å². The summed E-state index contributed by atoms with van der Waals surface area (Å²) in [5.74, 6) is 0.910. The maximum absolute atomic E-state index is 4.91. The Kier molecular flexibility index (Phi) is 9.88. The van der Waals surface area contributed by atoms with E-state index in [1.165, 1.54) is 0 Å². The second-order valence-corrected chi connectivity index (χ2v) is 1.52. The first kappa shape index (κ1) is 13.1. The number of hydrogen-bond donors (Lipinski definition) is 0. The van der Waals surface area contributed by atoms with Gasteiger partial charge in [-0.15, -0.1) is 0 Å². The van der Waals surface area contributed by atoms with Crippen LogP contribution in [0.5, 0.6) is 5.75 Å². The molecule has 0 aromatic heterocycles. The van der Waals surface area contributed by atoms with Crippen LogP contribution in [-0.4, -0.2) is 7.11 Å². The summed E-state index contributed by atoms with van der Waals surface area (Å²) in [7, 11) is 1.66. The van der Waals surface area contributed by atoms with Gasteiger partial charge in [-0.05, 0) is 12.1 Å². The van der Waals surface area contributed by atoms with Crippen molar-refractivity contribution in [2.24, 2.45) is 0 Å². The average molecular weight is 164 g/mol. The predicted octanol–water partition coefficient (Wildman–Crippen LogP) is -0.975. The normalized spacial score (nSPS) is 6.90. The smallest absolute Gasteiger partial charge is 0.577 e. The van der Waals surface area contributed by atoms with Crippen molar-refractivity contribution in [2.75, 3.05) is 7.11 Å². The number of ether oxygens (including phenoxy) is 1. The Bertz CT molecular complexity index is 155. The second kappa shape index (κ2) is 7.56. The molecule has 1 aromatic rings. The standard InChI is InChI=1S/C7H8O.Na.H2P/c1-8-7-5-3-2-4-6-7;;/h2-6H,1H3;;1H2/q;+1;-1. The maximum atomic E-state index is 4.91. The van der Waals surface area contributed by atoms with Crippen molar-refractivity contribution in [3.05, 3.63) is 30.3 Å². The van der Waals surface area contributed by atoms with E-state index >= 15 is 0 Å². The third-order valence-corrected chi connectivity index (χ3v) is 0.979. The zero-order chi connectivity index (χ0) is 5.82. The Morgan fingerprint density at radius 3 is 1.90 bits per heavy atom. The first-order valence-electron chi connectivity index (χ1n) is 2.52. The van der Waals surface area contributed by atoms with Crippen molar-refractivity contribution in [2.45, 2.75) is 0 Å². The van der Waals surface area contributed by atoms with Gasteiger partial charge in [-0.2, -0.15) is 0 Å². The van der Waals surface area contributed by atoms with E-state index in [0.29, 0.717) is 0 Å². The SMILES string of the molecule is COc1ccccc1.[Na+].[PH2-]. The van der Waals surface area contributed by atoms with Gasteiger partial charge in [0.2, 0.25) is 0 Å². The molecule has 1 aromatic carbocycles. The molecule has 0 fully saturated rings. The Morgan fingerprint density at radius 2 is 1.60 bits per heavy atom. The van der Waals surface area contributed by atoms with Gasteiger partial charge in [0.1, 0.15) is 5.75 Å². The van der Waals surface area contributed by atoms with E-state index in [4.69, 9.17) is 4.74 Å². The molecule has 0 atom stereocenters. The van der Waals surface area contributed by atoms with Crippen LogP contribution in [0.4, 0.5) is 0 Å². The van der Waals surface area contributed by atoms with Crippen molar-refractivity contribution in [1.29, 1.82) is 0 Å². The molecule has 3 heteroatoms.